The molecule has 0 aromatic heterocycles. The molecule has 2 amide bonds. The number of nitrogens with one attached hydrogen (secondary N) is 2. The van der Waals surface area contributed by atoms with E-state index in [1.165, 1.54) is 28.6 Å². The molecule has 0 bridgehead atoms. The van der Waals surface area contributed by atoms with E-state index >= 15 is 0 Å². The molecule has 2 aromatic carbocycles. The second-order valence-electron chi connectivity index (χ2n) is 7.20. The maximum absolute atomic E-state index is 12.9. The molecule has 0 spiro atoms. The molecule has 0 saturated carbocycles. The molecule has 1 heterocycles. The molecule has 3 rings (SSSR count). The van der Waals surface area contributed by atoms with Crippen LogP contribution in [0.15, 0.2) is 57.9 Å². The smallest absolute Gasteiger partial charge is 0.251 e. The molecule has 160 valence electrons. The van der Waals surface area contributed by atoms with Crippen LogP contribution >= 0.6 is 15.9 Å². The summed E-state index contributed by atoms with van der Waals surface area (Å²) in [5.41, 5.74) is 0.896. The summed E-state index contributed by atoms with van der Waals surface area (Å²) in [5, 5.41) is 5.24. The van der Waals surface area contributed by atoms with Crippen molar-refractivity contribution in [1.82, 2.24) is 9.62 Å². The van der Waals surface area contributed by atoms with Crippen molar-refractivity contribution in [3.05, 3.63) is 58.6 Å². The van der Waals surface area contributed by atoms with E-state index in [4.69, 9.17) is 0 Å². The summed E-state index contributed by atoms with van der Waals surface area (Å²) in [7, 11) is -3.59. The highest BCUT2D eigenvalue weighted by atomic mass is 79.9. The Morgan fingerprint density at radius 3 is 2.47 bits per heavy atom. The van der Waals surface area contributed by atoms with E-state index in [-0.39, 0.29) is 29.0 Å². The second kappa shape index (κ2) is 9.72. The topological polar surface area (TPSA) is 95.6 Å². The fraction of sp³-hybridized carbons (Fsp3) is 0.333. The maximum Gasteiger partial charge on any atom is 0.251 e. The third kappa shape index (κ3) is 5.27. The summed E-state index contributed by atoms with van der Waals surface area (Å²) in [6.45, 7) is 2.22. The Bertz CT molecular complexity index is 1020. The number of sulfonamides is 1. The number of hydrogen-bond donors (Lipinski definition) is 2. The van der Waals surface area contributed by atoms with Crippen LogP contribution in [0.4, 0.5) is 5.69 Å². The van der Waals surface area contributed by atoms with Gasteiger partial charge in [0.05, 0.1) is 17.1 Å². The lowest BCUT2D eigenvalue weighted by Crippen LogP contribution is -2.41. The van der Waals surface area contributed by atoms with Crippen molar-refractivity contribution in [2.24, 2.45) is 0 Å². The lowest BCUT2D eigenvalue weighted by Gasteiger charge is -2.32. The predicted molar refractivity (Wildman–Crippen MR) is 119 cm³/mol. The fourth-order valence-electron chi connectivity index (χ4n) is 3.36. The molecule has 1 aliphatic heterocycles. The zero-order valence-electron chi connectivity index (χ0n) is 16.6. The zero-order valence-corrected chi connectivity index (χ0v) is 19.0. The number of nitrogens with zero attached hydrogens (tertiary/aromatic N) is 1. The number of carbonyl (C=O) groups is 2. The molecule has 0 unspecified atom stereocenters. The Labute approximate surface area is 185 Å². The van der Waals surface area contributed by atoms with E-state index in [1.54, 1.807) is 18.2 Å². The van der Waals surface area contributed by atoms with Gasteiger partial charge in [0.1, 0.15) is 0 Å². The van der Waals surface area contributed by atoms with Crippen LogP contribution in [0, 0.1) is 0 Å². The first-order valence-electron chi connectivity index (χ1n) is 9.73. The van der Waals surface area contributed by atoms with Crippen molar-refractivity contribution in [3.63, 3.8) is 0 Å². The van der Waals surface area contributed by atoms with Crippen LogP contribution in [0.1, 0.15) is 36.5 Å². The molecule has 9 heteroatoms. The minimum absolute atomic E-state index is 0.0325. The van der Waals surface area contributed by atoms with Crippen molar-refractivity contribution >= 4 is 43.5 Å². The highest BCUT2D eigenvalue weighted by Crippen LogP contribution is 2.25. The number of hydrogen-bond acceptors (Lipinski definition) is 4. The summed E-state index contributed by atoms with van der Waals surface area (Å²) in [6.07, 6.45) is 2.73. The molecular weight excluding hydrogens is 470 g/mol. The third-order valence-electron chi connectivity index (χ3n) is 5.02. The van der Waals surface area contributed by atoms with E-state index in [2.05, 4.69) is 26.6 Å². The Balaban J connectivity index is 1.59. The molecular formula is C21H24BrN3O4S. The van der Waals surface area contributed by atoms with Gasteiger partial charge in [-0.3, -0.25) is 9.59 Å². The maximum atomic E-state index is 12.9. The van der Waals surface area contributed by atoms with Crippen molar-refractivity contribution < 1.29 is 18.0 Å². The minimum atomic E-state index is -3.59. The first-order valence-corrected chi connectivity index (χ1v) is 12.0. The monoisotopic (exact) mass is 493 g/mol. The van der Waals surface area contributed by atoms with Crippen molar-refractivity contribution in [1.29, 1.82) is 0 Å². The molecule has 0 radical (unpaired) electrons. The third-order valence-corrected chi connectivity index (χ3v) is 7.74. The van der Waals surface area contributed by atoms with Gasteiger partial charge in [-0.1, -0.05) is 18.6 Å². The minimum Gasteiger partial charge on any atom is -0.343 e. The second-order valence-corrected chi connectivity index (χ2v) is 9.94. The normalized spacial score (nSPS) is 17.3. The van der Waals surface area contributed by atoms with E-state index < -0.39 is 15.9 Å². The molecule has 7 nitrogen and oxygen atoms in total. The summed E-state index contributed by atoms with van der Waals surface area (Å²) in [4.78, 5) is 24.5. The Hall–Kier alpha value is -2.23. The standard InChI is InChI=1S/C21H24BrN3O4S/c1-15-6-4-5-13-25(15)30(28,29)17-11-9-16(10-12-17)21(27)23-14-20(26)24-19-8-3-2-7-18(19)22/h2-3,7-12,15H,4-6,13-14H2,1H3,(H,23,27)(H,24,26)/t15-/m0/s1. The molecule has 2 N–H and O–H groups in total. The molecule has 1 atom stereocenters. The van der Waals surface area contributed by atoms with Crippen molar-refractivity contribution in [2.45, 2.75) is 37.1 Å². The van der Waals surface area contributed by atoms with E-state index in [9.17, 15) is 18.0 Å². The van der Waals surface area contributed by atoms with Gasteiger partial charge in [-0.2, -0.15) is 4.31 Å². The molecule has 1 aliphatic rings. The number of amides is 2. The SMILES string of the molecule is C[C@H]1CCCCN1S(=O)(=O)c1ccc(C(=O)NCC(=O)Nc2ccccc2Br)cc1. The van der Waals surface area contributed by atoms with Crippen LogP contribution < -0.4 is 10.6 Å². The van der Waals surface area contributed by atoms with Crippen molar-refractivity contribution in [2.75, 3.05) is 18.4 Å². The van der Waals surface area contributed by atoms with Crippen LogP contribution in [-0.4, -0.2) is 43.7 Å². The van der Waals surface area contributed by atoms with E-state index in [0.29, 0.717) is 12.2 Å². The summed E-state index contributed by atoms with van der Waals surface area (Å²) in [6, 6.07) is 12.9. The van der Waals surface area contributed by atoms with Gasteiger partial charge in [-0.15, -0.1) is 0 Å². The Morgan fingerprint density at radius 2 is 1.80 bits per heavy atom. The van der Waals surface area contributed by atoms with Gasteiger partial charge in [0.25, 0.3) is 5.91 Å². The lowest BCUT2D eigenvalue weighted by molar-refractivity contribution is -0.115. The molecule has 2 aromatic rings. The van der Waals surface area contributed by atoms with Gasteiger partial charge in [-0.25, -0.2) is 8.42 Å². The largest absolute Gasteiger partial charge is 0.343 e. The van der Waals surface area contributed by atoms with Crippen molar-refractivity contribution in [3.8, 4) is 0 Å². The average molecular weight is 494 g/mol. The van der Waals surface area contributed by atoms with Crippen LogP contribution in [0.5, 0.6) is 0 Å². The first kappa shape index (κ1) is 22.5. The summed E-state index contributed by atoms with van der Waals surface area (Å²) >= 11 is 3.34. The molecule has 0 aliphatic carbocycles. The molecule has 30 heavy (non-hydrogen) atoms. The van der Waals surface area contributed by atoms with Gasteiger partial charge in [-0.05, 0) is 72.1 Å². The lowest BCUT2D eigenvalue weighted by atomic mass is 10.1. The number of rotatable bonds is 6. The predicted octanol–water partition coefficient (Wildman–Crippen LogP) is 3.38. The highest BCUT2D eigenvalue weighted by molar-refractivity contribution is 9.10. The van der Waals surface area contributed by atoms with Crippen LogP contribution in [0.3, 0.4) is 0 Å². The van der Waals surface area contributed by atoms with Crippen LogP contribution in [0.25, 0.3) is 0 Å². The first-order chi connectivity index (χ1) is 14.3. The molecule has 1 saturated heterocycles. The van der Waals surface area contributed by atoms with Gasteiger partial charge in [0.15, 0.2) is 0 Å². The number of para-hydroxylation sites is 1. The number of piperidine rings is 1. The number of halogens is 1. The average Bonchev–Trinajstić information content (AvgIpc) is 2.74. The summed E-state index contributed by atoms with van der Waals surface area (Å²) in [5.74, 6) is -0.818. The van der Waals surface area contributed by atoms with Crippen LogP contribution in [-0.2, 0) is 14.8 Å². The Kier molecular flexibility index (Phi) is 7.27. The van der Waals surface area contributed by atoms with Crippen LogP contribution in [0.2, 0.25) is 0 Å². The highest BCUT2D eigenvalue weighted by Gasteiger charge is 2.30. The fourth-order valence-corrected chi connectivity index (χ4v) is 5.45. The number of carbonyl (C=O) groups excluding carboxylic acids is 2. The summed E-state index contributed by atoms with van der Waals surface area (Å²) < 4.78 is 28.0. The zero-order chi connectivity index (χ0) is 21.7. The number of benzene rings is 2. The molecule has 1 fully saturated rings. The van der Waals surface area contributed by atoms with E-state index in [0.717, 1.165) is 23.7 Å². The van der Waals surface area contributed by atoms with Gasteiger partial charge in [0.2, 0.25) is 15.9 Å². The van der Waals surface area contributed by atoms with E-state index in [1.807, 2.05) is 13.0 Å². The van der Waals surface area contributed by atoms with Gasteiger partial charge in [0, 0.05) is 22.6 Å². The van der Waals surface area contributed by atoms with Gasteiger partial charge >= 0.3 is 0 Å². The quantitative estimate of drug-likeness (QED) is 0.644. The number of anilines is 1. The van der Waals surface area contributed by atoms with Gasteiger partial charge < -0.3 is 10.6 Å². The Morgan fingerprint density at radius 1 is 1.10 bits per heavy atom.